The van der Waals surface area contributed by atoms with Crippen LogP contribution in [0.1, 0.15) is 50.0 Å². The summed E-state index contributed by atoms with van der Waals surface area (Å²) in [6.07, 6.45) is 4.81. The number of carbonyl (C=O) groups excluding carboxylic acids is 1. The van der Waals surface area contributed by atoms with Crippen LogP contribution in [0, 0.1) is 19.7 Å². The van der Waals surface area contributed by atoms with Crippen LogP contribution in [0.5, 0.6) is 0 Å². The highest BCUT2D eigenvalue weighted by atomic mass is 35.5. The van der Waals surface area contributed by atoms with E-state index in [2.05, 4.69) is 21.8 Å². The molecule has 0 unspecified atom stereocenters. The number of hydrogen-bond donors (Lipinski definition) is 1. The SMILES string of the molecule is Cc1nc(S[C@H](C)C(=O)Nc2ccc(F)cc2Cl)n(C2CCCC2)c1C. The maximum absolute atomic E-state index is 13.2. The van der Waals surface area contributed by atoms with E-state index in [1.807, 2.05) is 13.8 Å². The van der Waals surface area contributed by atoms with Crippen LogP contribution >= 0.6 is 23.4 Å². The third-order valence-corrected chi connectivity index (χ3v) is 6.26. The van der Waals surface area contributed by atoms with Gasteiger partial charge in [-0.15, -0.1) is 0 Å². The largest absolute Gasteiger partial charge is 0.324 e. The van der Waals surface area contributed by atoms with E-state index in [9.17, 15) is 9.18 Å². The summed E-state index contributed by atoms with van der Waals surface area (Å²) in [7, 11) is 0. The molecule has 1 heterocycles. The van der Waals surface area contributed by atoms with E-state index in [-0.39, 0.29) is 16.2 Å². The van der Waals surface area contributed by atoms with Crippen LogP contribution in [0.3, 0.4) is 0 Å². The van der Waals surface area contributed by atoms with E-state index in [1.54, 1.807) is 0 Å². The summed E-state index contributed by atoms with van der Waals surface area (Å²) < 4.78 is 15.4. The zero-order valence-corrected chi connectivity index (χ0v) is 16.8. The molecule has 1 fully saturated rings. The van der Waals surface area contributed by atoms with Gasteiger partial charge in [0, 0.05) is 11.7 Å². The Balaban J connectivity index is 1.74. The van der Waals surface area contributed by atoms with Gasteiger partial charge in [-0.05, 0) is 51.8 Å². The number of halogens is 2. The molecule has 1 N–H and O–H groups in total. The molecule has 1 aliphatic rings. The normalized spacial score (nSPS) is 16.0. The van der Waals surface area contributed by atoms with Crippen LogP contribution in [0.25, 0.3) is 0 Å². The minimum absolute atomic E-state index is 0.181. The lowest BCUT2D eigenvalue weighted by molar-refractivity contribution is -0.115. The van der Waals surface area contributed by atoms with Crippen LogP contribution in [0.4, 0.5) is 10.1 Å². The molecule has 0 aliphatic heterocycles. The number of amides is 1. The number of aromatic nitrogens is 2. The van der Waals surface area contributed by atoms with Crippen LogP contribution < -0.4 is 5.32 Å². The highest BCUT2D eigenvalue weighted by molar-refractivity contribution is 8.00. The first-order valence-corrected chi connectivity index (χ1v) is 10.1. The molecule has 3 rings (SSSR count). The Morgan fingerprint density at radius 3 is 2.73 bits per heavy atom. The number of thioether (sulfide) groups is 1. The van der Waals surface area contributed by atoms with Gasteiger partial charge in [0.1, 0.15) is 5.82 Å². The van der Waals surface area contributed by atoms with E-state index in [0.717, 1.165) is 23.7 Å². The number of carbonyl (C=O) groups is 1. The van der Waals surface area contributed by atoms with Gasteiger partial charge in [0.05, 0.1) is 21.7 Å². The second kappa shape index (κ2) is 8.01. The molecular weight excluding hydrogens is 373 g/mol. The minimum atomic E-state index is -0.431. The Labute approximate surface area is 162 Å². The standard InChI is InChI=1S/C19H23ClFN3OS/c1-11-12(2)24(15-6-4-5-7-15)19(22-11)26-13(3)18(25)23-17-9-8-14(21)10-16(17)20/h8-10,13,15H,4-7H2,1-3H3,(H,23,25)/t13-/m1/s1. The van der Waals surface area contributed by atoms with E-state index >= 15 is 0 Å². The molecule has 1 aromatic heterocycles. The number of rotatable bonds is 5. The number of anilines is 1. The predicted octanol–water partition coefficient (Wildman–Crippen LogP) is 5.53. The first-order valence-electron chi connectivity index (χ1n) is 8.85. The third kappa shape index (κ3) is 4.07. The summed E-state index contributed by atoms with van der Waals surface area (Å²) in [6, 6.07) is 4.41. The van der Waals surface area contributed by atoms with Crippen LogP contribution in [0.15, 0.2) is 23.4 Å². The average molecular weight is 396 g/mol. The molecule has 0 radical (unpaired) electrons. The Morgan fingerprint density at radius 1 is 1.38 bits per heavy atom. The maximum Gasteiger partial charge on any atom is 0.237 e. The summed E-state index contributed by atoms with van der Waals surface area (Å²) in [5.74, 6) is -0.611. The van der Waals surface area contributed by atoms with E-state index in [0.29, 0.717) is 11.7 Å². The molecule has 1 aromatic carbocycles. The fraction of sp³-hybridized carbons (Fsp3) is 0.474. The second-order valence-corrected chi connectivity index (χ2v) is 8.46. The third-order valence-electron chi connectivity index (χ3n) is 4.88. The van der Waals surface area contributed by atoms with Crippen molar-refractivity contribution in [1.29, 1.82) is 0 Å². The molecule has 1 aliphatic carbocycles. The van der Waals surface area contributed by atoms with Gasteiger partial charge >= 0.3 is 0 Å². The summed E-state index contributed by atoms with van der Waals surface area (Å²) in [5.41, 5.74) is 2.60. The van der Waals surface area contributed by atoms with Gasteiger partial charge in [-0.25, -0.2) is 9.37 Å². The topological polar surface area (TPSA) is 46.9 Å². The minimum Gasteiger partial charge on any atom is -0.324 e. The number of hydrogen-bond acceptors (Lipinski definition) is 3. The molecule has 0 spiro atoms. The maximum atomic E-state index is 13.2. The zero-order chi connectivity index (χ0) is 18.8. The van der Waals surface area contributed by atoms with Gasteiger partial charge in [0.15, 0.2) is 5.16 Å². The Morgan fingerprint density at radius 2 is 2.08 bits per heavy atom. The van der Waals surface area contributed by atoms with Crippen molar-refractivity contribution in [2.45, 2.75) is 62.9 Å². The molecular formula is C19H23ClFN3OS. The average Bonchev–Trinajstić information content (AvgIpc) is 3.19. The zero-order valence-electron chi connectivity index (χ0n) is 15.2. The van der Waals surface area contributed by atoms with Crippen molar-refractivity contribution in [3.05, 3.63) is 40.4 Å². The van der Waals surface area contributed by atoms with Crippen molar-refractivity contribution in [1.82, 2.24) is 9.55 Å². The van der Waals surface area contributed by atoms with Gasteiger partial charge in [-0.2, -0.15) is 0 Å². The quantitative estimate of drug-likeness (QED) is 0.677. The Bertz CT molecular complexity index is 817. The van der Waals surface area contributed by atoms with E-state index in [1.165, 1.54) is 48.5 Å². The number of aryl methyl sites for hydroxylation is 1. The Kier molecular flexibility index (Phi) is 5.92. The second-order valence-electron chi connectivity index (χ2n) is 6.75. The van der Waals surface area contributed by atoms with Crippen molar-refractivity contribution in [2.24, 2.45) is 0 Å². The van der Waals surface area contributed by atoms with Gasteiger partial charge in [-0.1, -0.05) is 36.2 Å². The molecule has 1 saturated carbocycles. The van der Waals surface area contributed by atoms with Crippen molar-refractivity contribution in [3.8, 4) is 0 Å². The molecule has 2 aromatic rings. The summed E-state index contributed by atoms with van der Waals surface area (Å²) in [4.78, 5) is 17.2. The van der Waals surface area contributed by atoms with Crippen LogP contribution in [-0.4, -0.2) is 20.7 Å². The first kappa shape index (κ1) is 19.2. The molecule has 7 heteroatoms. The lowest BCUT2D eigenvalue weighted by Gasteiger charge is -2.19. The number of imidazole rings is 1. The van der Waals surface area contributed by atoms with Gasteiger partial charge in [-0.3, -0.25) is 4.79 Å². The molecule has 140 valence electrons. The summed E-state index contributed by atoms with van der Waals surface area (Å²) in [5, 5.41) is 3.50. The number of nitrogens with one attached hydrogen (secondary N) is 1. The molecule has 0 saturated heterocycles. The molecule has 26 heavy (non-hydrogen) atoms. The first-order chi connectivity index (χ1) is 12.4. The molecule has 0 bridgehead atoms. The molecule has 1 amide bonds. The van der Waals surface area contributed by atoms with Crippen LogP contribution in [0.2, 0.25) is 5.02 Å². The highest BCUT2D eigenvalue weighted by Gasteiger charge is 2.26. The van der Waals surface area contributed by atoms with Crippen molar-refractivity contribution >= 4 is 35.0 Å². The summed E-state index contributed by atoms with van der Waals surface area (Å²) >= 11 is 7.45. The van der Waals surface area contributed by atoms with Gasteiger partial charge < -0.3 is 9.88 Å². The van der Waals surface area contributed by atoms with Crippen molar-refractivity contribution < 1.29 is 9.18 Å². The van der Waals surface area contributed by atoms with Gasteiger partial charge in [0.25, 0.3) is 0 Å². The van der Waals surface area contributed by atoms with E-state index < -0.39 is 5.82 Å². The number of nitrogens with zero attached hydrogens (tertiary/aromatic N) is 2. The highest BCUT2D eigenvalue weighted by Crippen LogP contribution is 2.36. The predicted molar refractivity (Wildman–Crippen MR) is 105 cm³/mol. The van der Waals surface area contributed by atoms with E-state index in [4.69, 9.17) is 11.6 Å². The fourth-order valence-electron chi connectivity index (χ4n) is 3.31. The lowest BCUT2D eigenvalue weighted by Crippen LogP contribution is -2.23. The van der Waals surface area contributed by atoms with Crippen LogP contribution in [-0.2, 0) is 4.79 Å². The van der Waals surface area contributed by atoms with Crippen molar-refractivity contribution in [2.75, 3.05) is 5.32 Å². The fourth-order valence-corrected chi connectivity index (χ4v) is 4.59. The van der Waals surface area contributed by atoms with Gasteiger partial charge in [0.2, 0.25) is 5.91 Å². The Hall–Kier alpha value is -1.53. The number of benzene rings is 1. The van der Waals surface area contributed by atoms with Crippen molar-refractivity contribution in [3.63, 3.8) is 0 Å². The summed E-state index contributed by atoms with van der Waals surface area (Å²) in [6.45, 7) is 5.94. The molecule has 4 nitrogen and oxygen atoms in total. The molecule has 1 atom stereocenters. The lowest BCUT2D eigenvalue weighted by atomic mass is 10.2. The smallest absolute Gasteiger partial charge is 0.237 e. The monoisotopic (exact) mass is 395 g/mol.